The van der Waals surface area contributed by atoms with Crippen LogP contribution in [-0.4, -0.2) is 29.7 Å². The van der Waals surface area contributed by atoms with Gasteiger partial charge in [-0.3, -0.25) is 4.90 Å². The van der Waals surface area contributed by atoms with Crippen LogP contribution in [0.5, 0.6) is 0 Å². The zero-order chi connectivity index (χ0) is 18.6. The van der Waals surface area contributed by atoms with E-state index < -0.39 is 0 Å². The van der Waals surface area contributed by atoms with Gasteiger partial charge in [-0.05, 0) is 65.3 Å². The zero-order valence-corrected chi connectivity index (χ0v) is 16.0. The summed E-state index contributed by atoms with van der Waals surface area (Å²) in [6.07, 6.45) is 2.27. The van der Waals surface area contributed by atoms with Crippen molar-refractivity contribution in [3.63, 3.8) is 0 Å². The van der Waals surface area contributed by atoms with E-state index in [1.165, 1.54) is 38.9 Å². The molecule has 0 spiro atoms. The van der Waals surface area contributed by atoms with E-state index in [0.717, 1.165) is 32.5 Å². The molecule has 1 aliphatic rings. The predicted octanol–water partition coefficient (Wildman–Crippen LogP) is 5.07. The summed E-state index contributed by atoms with van der Waals surface area (Å²) in [6, 6.07) is 24.2. The fourth-order valence-corrected chi connectivity index (χ4v) is 4.20. The van der Waals surface area contributed by atoms with Crippen LogP contribution in [0, 0.1) is 6.92 Å². The van der Waals surface area contributed by atoms with Crippen LogP contribution in [0.25, 0.3) is 22.3 Å². The summed E-state index contributed by atoms with van der Waals surface area (Å²) >= 11 is 0. The summed E-state index contributed by atoms with van der Waals surface area (Å²) in [6.45, 7) is 5.23. The maximum Gasteiger partial charge on any atom is 0.0558 e. The van der Waals surface area contributed by atoms with Crippen molar-refractivity contribution in [1.29, 1.82) is 0 Å². The van der Waals surface area contributed by atoms with Gasteiger partial charge in [0.15, 0.2) is 0 Å². The quantitative estimate of drug-likeness (QED) is 0.705. The zero-order valence-electron chi connectivity index (χ0n) is 16.0. The number of hydrogen-bond acceptors (Lipinski definition) is 2. The first-order valence-electron chi connectivity index (χ1n) is 9.86. The molecule has 0 radical (unpaired) electrons. The number of aryl methyl sites for hydroxylation is 1. The van der Waals surface area contributed by atoms with E-state index in [0.29, 0.717) is 0 Å². The number of benzene rings is 3. The van der Waals surface area contributed by atoms with Gasteiger partial charge in [0.2, 0.25) is 0 Å². The van der Waals surface area contributed by atoms with E-state index in [4.69, 9.17) is 0 Å². The van der Waals surface area contributed by atoms with Crippen molar-refractivity contribution < 1.29 is 5.11 Å². The Kier molecular flexibility index (Phi) is 5.38. The van der Waals surface area contributed by atoms with E-state index in [2.05, 4.69) is 78.6 Å². The van der Waals surface area contributed by atoms with Gasteiger partial charge in [-0.15, -0.1) is 0 Å². The van der Waals surface area contributed by atoms with Crippen molar-refractivity contribution in [2.75, 3.05) is 19.7 Å². The highest BCUT2D eigenvalue weighted by Crippen LogP contribution is 2.33. The molecule has 1 aliphatic heterocycles. The average molecular weight is 357 g/mol. The number of nitrogens with zero attached hydrogens (tertiary/aromatic N) is 1. The lowest BCUT2D eigenvalue weighted by Crippen LogP contribution is -2.26. The molecule has 3 aromatic carbocycles. The molecule has 1 N–H and O–H groups in total. The molecule has 1 heterocycles. The summed E-state index contributed by atoms with van der Waals surface area (Å²) in [5.74, 6) is 0. The van der Waals surface area contributed by atoms with Crippen molar-refractivity contribution in [3.05, 3.63) is 83.4 Å². The van der Waals surface area contributed by atoms with Crippen LogP contribution in [0.2, 0.25) is 0 Å². The number of rotatable bonds is 4. The second-order valence-electron chi connectivity index (χ2n) is 7.43. The summed E-state index contributed by atoms with van der Waals surface area (Å²) in [7, 11) is 0. The fourth-order valence-electron chi connectivity index (χ4n) is 4.20. The number of fused-ring (bicyclic) bond motifs is 1. The molecule has 0 aliphatic carbocycles. The number of β-amino-alcohol motifs (C(OH)–C–C–N with tert-alkyl or cyclic N) is 1. The third-order valence-corrected chi connectivity index (χ3v) is 5.67. The first-order valence-corrected chi connectivity index (χ1v) is 9.86. The standard InChI is InChI=1S/C25H27NO/c1-19-24(20-7-3-2-4-8-20)10-5-11-25(19)22-12-13-23-18-26(15-16-27)14-6-9-21(23)17-22/h2-5,7-8,10-13,17,27H,6,9,14-16,18H2,1H3. The molecule has 0 aromatic heterocycles. The van der Waals surface area contributed by atoms with Crippen LogP contribution in [0.1, 0.15) is 23.1 Å². The van der Waals surface area contributed by atoms with Gasteiger partial charge in [-0.2, -0.15) is 0 Å². The Morgan fingerprint density at radius 3 is 2.41 bits per heavy atom. The van der Waals surface area contributed by atoms with Crippen LogP contribution in [0.3, 0.4) is 0 Å². The van der Waals surface area contributed by atoms with Crippen LogP contribution >= 0.6 is 0 Å². The molecule has 138 valence electrons. The normalized spacial score (nSPS) is 14.6. The summed E-state index contributed by atoms with van der Waals surface area (Å²) < 4.78 is 0. The first-order chi connectivity index (χ1) is 13.3. The Hall–Kier alpha value is -2.42. The van der Waals surface area contributed by atoms with Crippen LogP contribution < -0.4 is 0 Å². The molecule has 0 fully saturated rings. The lowest BCUT2D eigenvalue weighted by Gasteiger charge is -2.19. The SMILES string of the molecule is Cc1c(-c2ccccc2)cccc1-c1ccc2c(c1)CCCN(CCO)C2. The minimum absolute atomic E-state index is 0.235. The molecule has 2 heteroatoms. The van der Waals surface area contributed by atoms with Crippen molar-refractivity contribution in [1.82, 2.24) is 4.90 Å². The largest absolute Gasteiger partial charge is 0.395 e. The predicted molar refractivity (Wildman–Crippen MR) is 113 cm³/mol. The highest BCUT2D eigenvalue weighted by atomic mass is 16.3. The molecular weight excluding hydrogens is 330 g/mol. The van der Waals surface area contributed by atoms with E-state index in [9.17, 15) is 5.11 Å². The number of aliphatic hydroxyl groups is 1. The maximum atomic E-state index is 9.26. The lowest BCUT2D eigenvalue weighted by atomic mass is 9.91. The Balaban J connectivity index is 1.70. The highest BCUT2D eigenvalue weighted by molar-refractivity contribution is 5.78. The minimum Gasteiger partial charge on any atom is -0.395 e. The Bertz CT molecular complexity index is 917. The Labute approximate surface area is 162 Å². The van der Waals surface area contributed by atoms with E-state index in [1.807, 2.05) is 0 Å². The molecule has 0 atom stereocenters. The van der Waals surface area contributed by atoms with Gasteiger partial charge in [0.1, 0.15) is 0 Å². The van der Waals surface area contributed by atoms with Crippen LogP contribution in [-0.2, 0) is 13.0 Å². The smallest absolute Gasteiger partial charge is 0.0558 e. The third-order valence-electron chi connectivity index (χ3n) is 5.67. The monoisotopic (exact) mass is 357 g/mol. The van der Waals surface area contributed by atoms with Gasteiger partial charge < -0.3 is 5.11 Å². The summed E-state index contributed by atoms with van der Waals surface area (Å²) in [4.78, 5) is 2.35. The molecule has 0 saturated heterocycles. The van der Waals surface area contributed by atoms with Gasteiger partial charge >= 0.3 is 0 Å². The topological polar surface area (TPSA) is 23.5 Å². The van der Waals surface area contributed by atoms with Crippen LogP contribution in [0.4, 0.5) is 0 Å². The van der Waals surface area contributed by atoms with Gasteiger partial charge in [0.25, 0.3) is 0 Å². The van der Waals surface area contributed by atoms with Crippen molar-refractivity contribution in [2.24, 2.45) is 0 Å². The number of hydrogen-bond donors (Lipinski definition) is 1. The fraction of sp³-hybridized carbons (Fsp3) is 0.280. The van der Waals surface area contributed by atoms with E-state index in [-0.39, 0.29) is 6.61 Å². The molecule has 3 aromatic rings. The maximum absolute atomic E-state index is 9.26. The average Bonchev–Trinajstić information content (AvgIpc) is 2.90. The van der Waals surface area contributed by atoms with E-state index >= 15 is 0 Å². The molecular formula is C25H27NO. The summed E-state index contributed by atoms with van der Waals surface area (Å²) in [5.41, 5.74) is 9.39. The first kappa shape index (κ1) is 18.0. The molecule has 0 bridgehead atoms. The van der Waals surface area contributed by atoms with Gasteiger partial charge in [0.05, 0.1) is 6.61 Å². The van der Waals surface area contributed by atoms with Crippen molar-refractivity contribution in [2.45, 2.75) is 26.3 Å². The highest BCUT2D eigenvalue weighted by Gasteiger charge is 2.15. The minimum atomic E-state index is 0.235. The molecule has 2 nitrogen and oxygen atoms in total. The molecule has 0 saturated carbocycles. The Morgan fingerprint density at radius 2 is 1.63 bits per heavy atom. The lowest BCUT2D eigenvalue weighted by molar-refractivity contribution is 0.192. The van der Waals surface area contributed by atoms with Gasteiger partial charge in [0, 0.05) is 13.1 Å². The second kappa shape index (κ2) is 8.08. The molecule has 4 rings (SSSR count). The second-order valence-corrected chi connectivity index (χ2v) is 7.43. The van der Waals surface area contributed by atoms with Crippen LogP contribution in [0.15, 0.2) is 66.7 Å². The summed E-state index contributed by atoms with van der Waals surface area (Å²) in [5, 5.41) is 9.26. The molecule has 27 heavy (non-hydrogen) atoms. The van der Waals surface area contributed by atoms with Gasteiger partial charge in [-0.1, -0.05) is 66.7 Å². The van der Waals surface area contributed by atoms with Gasteiger partial charge in [-0.25, -0.2) is 0 Å². The van der Waals surface area contributed by atoms with Crippen molar-refractivity contribution >= 4 is 0 Å². The molecule has 0 unspecified atom stereocenters. The third kappa shape index (κ3) is 3.83. The van der Waals surface area contributed by atoms with Crippen molar-refractivity contribution in [3.8, 4) is 22.3 Å². The van der Waals surface area contributed by atoms with E-state index in [1.54, 1.807) is 0 Å². The Morgan fingerprint density at radius 1 is 0.852 bits per heavy atom. The molecule has 0 amide bonds. The number of aliphatic hydroxyl groups excluding tert-OH is 1.